The molecule has 0 bridgehead atoms. The number of halogens is 4. The molecule has 5 N–H and O–H groups in total. The summed E-state index contributed by atoms with van der Waals surface area (Å²) in [5.41, 5.74) is 6.14. The highest BCUT2D eigenvalue weighted by Crippen LogP contribution is 2.53. The SMILES string of the molecule is C#Cc1cnc2c(C#CC(C)(C)O)cc(N[C@H](C3=CN(C4(C(F)(F)F)CC4)NN3)c3ccc(F)nc3C)cc2c1NCC(C)(C)C. The summed E-state index contributed by atoms with van der Waals surface area (Å²) in [5, 5.41) is 19.0. The van der Waals surface area contributed by atoms with E-state index in [0.29, 0.717) is 56.9 Å². The number of pyridine rings is 2. The van der Waals surface area contributed by atoms with E-state index in [9.17, 15) is 22.7 Å². The first-order chi connectivity index (χ1) is 21.4. The van der Waals surface area contributed by atoms with E-state index >= 15 is 0 Å². The summed E-state index contributed by atoms with van der Waals surface area (Å²) < 4.78 is 56.0. The second-order valence-electron chi connectivity index (χ2n) is 13.4. The Bertz CT molecular complexity index is 1800. The molecular formula is C34H37F4N7O. The molecule has 0 saturated heterocycles. The zero-order valence-electron chi connectivity index (χ0n) is 26.5. The molecule has 3 aromatic rings. The van der Waals surface area contributed by atoms with Crippen molar-refractivity contribution in [3.63, 3.8) is 0 Å². The molecule has 2 aromatic heterocycles. The van der Waals surface area contributed by atoms with Crippen molar-refractivity contribution in [2.75, 3.05) is 17.2 Å². The first-order valence-corrected chi connectivity index (χ1v) is 14.8. The summed E-state index contributed by atoms with van der Waals surface area (Å²) in [7, 11) is 0. The summed E-state index contributed by atoms with van der Waals surface area (Å²) in [6.07, 6.45) is 4.30. The zero-order valence-corrected chi connectivity index (χ0v) is 26.5. The van der Waals surface area contributed by atoms with E-state index in [4.69, 9.17) is 6.42 Å². The molecule has 0 amide bonds. The molecule has 0 spiro atoms. The Morgan fingerprint density at radius 1 is 1.13 bits per heavy atom. The van der Waals surface area contributed by atoms with Gasteiger partial charge in [0.2, 0.25) is 5.95 Å². The Hall–Kier alpha value is -4.52. The Balaban J connectivity index is 1.67. The van der Waals surface area contributed by atoms with Crippen LogP contribution in [0, 0.1) is 42.5 Å². The van der Waals surface area contributed by atoms with Gasteiger partial charge in [-0.3, -0.25) is 9.99 Å². The predicted octanol–water partition coefficient (Wildman–Crippen LogP) is 6.05. The van der Waals surface area contributed by atoms with Crippen molar-refractivity contribution in [3.8, 4) is 24.2 Å². The highest BCUT2D eigenvalue weighted by Gasteiger charge is 2.67. The van der Waals surface area contributed by atoms with Crippen LogP contribution >= 0.6 is 0 Å². The summed E-state index contributed by atoms with van der Waals surface area (Å²) in [6.45, 7) is 11.6. The highest BCUT2D eigenvalue weighted by molar-refractivity contribution is 5.99. The molecule has 8 nitrogen and oxygen atoms in total. The highest BCUT2D eigenvalue weighted by atomic mass is 19.4. The molecule has 1 fully saturated rings. The average Bonchev–Trinajstić information content (AvgIpc) is 3.64. The maximum Gasteiger partial charge on any atom is 0.413 e. The Kier molecular flexibility index (Phi) is 8.35. The molecular weight excluding hydrogens is 598 g/mol. The van der Waals surface area contributed by atoms with E-state index in [0.717, 1.165) is 5.01 Å². The van der Waals surface area contributed by atoms with Crippen LogP contribution in [0.4, 0.5) is 28.9 Å². The van der Waals surface area contributed by atoms with Gasteiger partial charge in [0, 0.05) is 41.3 Å². The molecule has 1 aliphatic heterocycles. The molecule has 242 valence electrons. The second kappa shape index (κ2) is 11.7. The second-order valence-corrected chi connectivity index (χ2v) is 13.4. The van der Waals surface area contributed by atoms with Crippen molar-refractivity contribution in [3.05, 3.63) is 70.7 Å². The van der Waals surface area contributed by atoms with E-state index in [1.165, 1.54) is 12.3 Å². The molecule has 1 aromatic carbocycles. The number of alkyl halides is 3. The summed E-state index contributed by atoms with van der Waals surface area (Å²) in [5.74, 6) is 7.89. The topological polar surface area (TPSA) is 97.4 Å². The molecule has 0 unspecified atom stereocenters. The van der Waals surface area contributed by atoms with Crippen LogP contribution < -0.4 is 21.6 Å². The number of fused-ring (bicyclic) bond motifs is 1. The van der Waals surface area contributed by atoms with Gasteiger partial charge in [0.1, 0.15) is 5.60 Å². The molecule has 5 rings (SSSR count). The minimum absolute atomic E-state index is 0.0487. The molecule has 1 atom stereocenters. The molecule has 3 heterocycles. The van der Waals surface area contributed by atoms with Crippen LogP contribution in [0.2, 0.25) is 0 Å². The van der Waals surface area contributed by atoms with E-state index in [2.05, 4.69) is 70.1 Å². The van der Waals surface area contributed by atoms with Gasteiger partial charge in [-0.1, -0.05) is 44.6 Å². The number of aryl methyl sites for hydroxylation is 1. The largest absolute Gasteiger partial charge is 0.413 e. The Labute approximate surface area is 266 Å². The lowest BCUT2D eigenvalue weighted by atomic mass is 9.96. The third kappa shape index (κ3) is 6.84. The van der Waals surface area contributed by atoms with E-state index in [1.807, 2.05) is 6.07 Å². The quantitative estimate of drug-likeness (QED) is 0.122. The Morgan fingerprint density at radius 3 is 2.43 bits per heavy atom. The van der Waals surface area contributed by atoms with E-state index in [1.54, 1.807) is 39.1 Å². The summed E-state index contributed by atoms with van der Waals surface area (Å²) >= 11 is 0. The molecule has 0 radical (unpaired) electrons. The number of aromatic nitrogens is 2. The summed E-state index contributed by atoms with van der Waals surface area (Å²) in [4.78, 5) is 8.58. The van der Waals surface area contributed by atoms with Crippen molar-refractivity contribution < 1.29 is 22.7 Å². The van der Waals surface area contributed by atoms with Crippen molar-refractivity contribution in [1.29, 1.82) is 0 Å². The van der Waals surface area contributed by atoms with Gasteiger partial charge in [0.05, 0.1) is 34.1 Å². The van der Waals surface area contributed by atoms with E-state index in [-0.39, 0.29) is 18.3 Å². The number of nitrogens with zero attached hydrogens (tertiary/aromatic N) is 3. The first kappa shape index (κ1) is 32.9. The van der Waals surface area contributed by atoms with Crippen LogP contribution in [0.3, 0.4) is 0 Å². The lowest BCUT2D eigenvalue weighted by Gasteiger charge is -2.28. The third-order valence-corrected chi connectivity index (χ3v) is 7.75. The van der Waals surface area contributed by atoms with Gasteiger partial charge in [-0.15, -0.1) is 12.0 Å². The number of hydrogen-bond donors (Lipinski definition) is 5. The minimum Gasteiger partial charge on any atom is -0.383 e. The monoisotopic (exact) mass is 635 g/mol. The maximum absolute atomic E-state index is 14.1. The van der Waals surface area contributed by atoms with Gasteiger partial charge in [0.25, 0.3) is 0 Å². The van der Waals surface area contributed by atoms with Crippen LogP contribution in [-0.4, -0.2) is 43.9 Å². The molecule has 46 heavy (non-hydrogen) atoms. The molecule has 2 aliphatic rings. The van der Waals surface area contributed by atoms with Crippen molar-refractivity contribution in [2.45, 2.75) is 77.7 Å². The average molecular weight is 636 g/mol. The standard InChI is InChI=1S/C34H37F4N7O/c1-8-21-17-39-29-22(11-12-32(6,7)46)15-23(16-25(29)28(21)40-19-31(3,4)5)42-30(24-9-10-27(35)41-20(24)2)26-18-45(44-43-26)33(13-14-33)34(36,37)38/h1,9-10,15-18,30,42-44,46H,13-14,19H2,2-7H3,(H,39,40)/t30-/m0/s1. The van der Waals surface area contributed by atoms with Gasteiger partial charge >= 0.3 is 6.18 Å². The lowest BCUT2D eigenvalue weighted by Crippen LogP contribution is -2.52. The minimum atomic E-state index is -4.45. The van der Waals surface area contributed by atoms with Gasteiger partial charge in [-0.25, -0.2) is 4.98 Å². The number of aliphatic hydroxyl groups is 1. The lowest BCUT2D eigenvalue weighted by molar-refractivity contribution is -0.195. The fraction of sp³-hybridized carbons (Fsp3) is 0.412. The van der Waals surface area contributed by atoms with Crippen LogP contribution in [0.1, 0.15) is 75.9 Å². The van der Waals surface area contributed by atoms with Gasteiger partial charge < -0.3 is 21.2 Å². The molecule has 12 heteroatoms. The van der Waals surface area contributed by atoms with Crippen LogP contribution in [-0.2, 0) is 0 Å². The smallest absolute Gasteiger partial charge is 0.383 e. The number of rotatable bonds is 7. The predicted molar refractivity (Wildman–Crippen MR) is 170 cm³/mol. The fourth-order valence-corrected chi connectivity index (χ4v) is 5.18. The third-order valence-electron chi connectivity index (χ3n) is 7.75. The number of hydrazine groups is 2. The zero-order chi connectivity index (χ0) is 33.7. The molecule has 1 saturated carbocycles. The Morgan fingerprint density at radius 2 is 1.85 bits per heavy atom. The number of benzene rings is 1. The van der Waals surface area contributed by atoms with Crippen molar-refractivity contribution in [1.82, 2.24) is 25.9 Å². The van der Waals surface area contributed by atoms with Gasteiger partial charge in [0.15, 0.2) is 5.54 Å². The maximum atomic E-state index is 14.1. The normalized spacial score (nSPS) is 16.6. The molecule has 1 aliphatic carbocycles. The fourth-order valence-electron chi connectivity index (χ4n) is 5.18. The van der Waals surface area contributed by atoms with E-state index < -0.39 is 29.3 Å². The first-order valence-electron chi connectivity index (χ1n) is 14.8. The van der Waals surface area contributed by atoms with Crippen LogP contribution in [0.15, 0.2) is 42.4 Å². The van der Waals surface area contributed by atoms with Crippen LogP contribution in [0.5, 0.6) is 0 Å². The number of anilines is 2. The van der Waals surface area contributed by atoms with Gasteiger partial charge in [-0.2, -0.15) is 17.6 Å². The van der Waals surface area contributed by atoms with Crippen molar-refractivity contribution >= 4 is 22.3 Å². The van der Waals surface area contributed by atoms with Crippen LogP contribution in [0.25, 0.3) is 10.9 Å². The number of terminal acetylenes is 1. The summed E-state index contributed by atoms with van der Waals surface area (Å²) in [6, 6.07) is 5.53. The number of hydrogen-bond acceptors (Lipinski definition) is 8. The van der Waals surface area contributed by atoms with Crippen molar-refractivity contribution in [2.24, 2.45) is 5.41 Å². The van der Waals surface area contributed by atoms with Gasteiger partial charge in [-0.05, 0) is 57.2 Å². The number of nitrogens with one attached hydrogen (secondary N) is 4.